The number of nitrogens with zero attached hydrogens (tertiary/aromatic N) is 2. The predicted octanol–water partition coefficient (Wildman–Crippen LogP) is 3.63. The Morgan fingerprint density at radius 2 is 2.03 bits per heavy atom. The SMILES string of the molecule is CC[C@H](CO)Nc1ncc(C)c(-c2c[nH]c(C(=O)N[C@H](COC(=O)C(C)(C)NC)c3cccc(Cl)c3)c2)n1. The lowest BCUT2D eigenvalue weighted by Gasteiger charge is -2.24. The van der Waals surface area contributed by atoms with Gasteiger partial charge in [-0.25, -0.2) is 9.97 Å². The summed E-state index contributed by atoms with van der Waals surface area (Å²) in [4.78, 5) is 37.6. The summed E-state index contributed by atoms with van der Waals surface area (Å²) >= 11 is 6.18. The molecule has 204 valence electrons. The van der Waals surface area contributed by atoms with E-state index in [9.17, 15) is 14.7 Å². The highest BCUT2D eigenvalue weighted by atomic mass is 35.5. The maximum atomic E-state index is 13.2. The minimum atomic E-state index is -0.880. The van der Waals surface area contributed by atoms with Gasteiger partial charge in [0.2, 0.25) is 5.95 Å². The molecule has 0 saturated carbocycles. The first-order chi connectivity index (χ1) is 18.1. The predicted molar refractivity (Wildman–Crippen MR) is 147 cm³/mol. The number of hydrogen-bond acceptors (Lipinski definition) is 8. The Kier molecular flexibility index (Phi) is 9.84. The van der Waals surface area contributed by atoms with Crippen LogP contribution in [-0.2, 0) is 9.53 Å². The maximum absolute atomic E-state index is 13.2. The third-order valence-corrected chi connectivity index (χ3v) is 6.53. The highest BCUT2D eigenvalue weighted by Crippen LogP contribution is 2.24. The number of amides is 1. The topological polar surface area (TPSA) is 141 Å². The Bertz CT molecular complexity index is 1260. The molecule has 5 N–H and O–H groups in total. The van der Waals surface area contributed by atoms with Gasteiger partial charge in [-0.15, -0.1) is 0 Å². The van der Waals surface area contributed by atoms with E-state index >= 15 is 0 Å². The number of nitrogens with one attached hydrogen (secondary N) is 4. The second-order valence-electron chi connectivity index (χ2n) is 9.51. The van der Waals surface area contributed by atoms with E-state index in [1.54, 1.807) is 57.6 Å². The fourth-order valence-electron chi connectivity index (χ4n) is 3.55. The monoisotopic (exact) mass is 542 g/mol. The summed E-state index contributed by atoms with van der Waals surface area (Å²) in [5, 5.41) is 18.9. The van der Waals surface area contributed by atoms with Crippen LogP contribution in [0.5, 0.6) is 0 Å². The van der Waals surface area contributed by atoms with Gasteiger partial charge < -0.3 is 30.8 Å². The molecule has 0 aliphatic rings. The summed E-state index contributed by atoms with van der Waals surface area (Å²) in [6.45, 7) is 7.15. The molecule has 0 fully saturated rings. The third-order valence-electron chi connectivity index (χ3n) is 6.29. The van der Waals surface area contributed by atoms with Crippen LogP contribution in [0, 0.1) is 6.92 Å². The van der Waals surface area contributed by atoms with Crippen LogP contribution in [0.3, 0.4) is 0 Å². The normalized spacial score (nSPS) is 13.0. The van der Waals surface area contributed by atoms with Gasteiger partial charge >= 0.3 is 5.97 Å². The van der Waals surface area contributed by atoms with Crippen molar-refractivity contribution in [3.8, 4) is 11.3 Å². The Hall–Kier alpha value is -3.47. The molecule has 0 radical (unpaired) electrons. The number of anilines is 1. The summed E-state index contributed by atoms with van der Waals surface area (Å²) in [6.07, 6.45) is 4.10. The van der Waals surface area contributed by atoms with Crippen molar-refractivity contribution in [1.29, 1.82) is 0 Å². The van der Waals surface area contributed by atoms with E-state index < -0.39 is 17.6 Å². The molecule has 3 aromatic rings. The Morgan fingerprint density at radius 1 is 1.26 bits per heavy atom. The van der Waals surface area contributed by atoms with Gasteiger partial charge in [-0.05, 0) is 63.6 Å². The van der Waals surface area contributed by atoms with Crippen LogP contribution >= 0.6 is 11.6 Å². The van der Waals surface area contributed by atoms with Gasteiger partial charge in [0.25, 0.3) is 5.91 Å². The number of aliphatic hydroxyl groups is 1. The molecule has 11 heteroatoms. The van der Waals surface area contributed by atoms with E-state index in [2.05, 4.69) is 30.9 Å². The van der Waals surface area contributed by atoms with Gasteiger partial charge in [-0.1, -0.05) is 30.7 Å². The lowest BCUT2D eigenvalue weighted by atomic mass is 10.1. The average molecular weight is 543 g/mol. The first-order valence-corrected chi connectivity index (χ1v) is 12.8. The number of likely N-dealkylation sites (N-methyl/N-ethyl adjacent to an activating group) is 1. The van der Waals surface area contributed by atoms with Crippen molar-refractivity contribution in [2.75, 3.05) is 25.6 Å². The number of aromatic amines is 1. The van der Waals surface area contributed by atoms with E-state index in [1.807, 2.05) is 19.9 Å². The van der Waals surface area contributed by atoms with E-state index in [4.69, 9.17) is 16.3 Å². The molecule has 38 heavy (non-hydrogen) atoms. The maximum Gasteiger partial charge on any atom is 0.325 e. The summed E-state index contributed by atoms with van der Waals surface area (Å²) in [5.74, 6) is -0.439. The number of carbonyl (C=O) groups excluding carboxylic acids is 2. The largest absolute Gasteiger partial charge is 0.462 e. The average Bonchev–Trinajstić information content (AvgIpc) is 3.40. The first kappa shape index (κ1) is 29.1. The lowest BCUT2D eigenvalue weighted by Crippen LogP contribution is -2.46. The van der Waals surface area contributed by atoms with Crippen LogP contribution in [0.2, 0.25) is 5.02 Å². The minimum absolute atomic E-state index is 0.0346. The first-order valence-electron chi connectivity index (χ1n) is 12.4. The number of ether oxygens (including phenoxy) is 1. The Labute approximate surface area is 227 Å². The standard InChI is InChI=1S/C27H35ClN6O4/c1-6-20(14-35)32-26-31-12-16(2)23(34-26)18-11-21(30-13-18)24(36)33-22(17-8-7-9-19(28)10-17)15-38-25(37)27(3,4)29-5/h7-13,20,22,29-30,35H,6,14-15H2,1-5H3,(H,33,36)(H,31,32,34)/t20-,22-/m1/s1. The van der Waals surface area contributed by atoms with Crippen LogP contribution in [0.1, 0.15) is 54.8 Å². The highest BCUT2D eigenvalue weighted by Gasteiger charge is 2.29. The van der Waals surface area contributed by atoms with Crippen LogP contribution in [0.25, 0.3) is 11.3 Å². The molecule has 0 aliphatic heterocycles. The van der Waals surface area contributed by atoms with Crippen LogP contribution in [-0.4, -0.2) is 63.8 Å². The van der Waals surface area contributed by atoms with Crippen molar-refractivity contribution in [2.45, 2.75) is 51.7 Å². The zero-order chi connectivity index (χ0) is 27.9. The molecule has 0 unspecified atom stereocenters. The zero-order valence-corrected chi connectivity index (χ0v) is 23.0. The number of H-pyrrole nitrogens is 1. The van der Waals surface area contributed by atoms with Crippen LogP contribution in [0.15, 0.2) is 42.7 Å². The Morgan fingerprint density at radius 3 is 2.68 bits per heavy atom. The number of carbonyl (C=O) groups is 2. The minimum Gasteiger partial charge on any atom is -0.462 e. The summed E-state index contributed by atoms with van der Waals surface area (Å²) in [7, 11) is 1.67. The van der Waals surface area contributed by atoms with Gasteiger partial charge in [0.1, 0.15) is 17.8 Å². The number of benzene rings is 1. The number of aromatic nitrogens is 3. The molecule has 3 rings (SSSR count). The van der Waals surface area contributed by atoms with E-state index in [-0.39, 0.29) is 25.2 Å². The molecule has 2 heterocycles. The van der Waals surface area contributed by atoms with Crippen molar-refractivity contribution < 1.29 is 19.4 Å². The van der Waals surface area contributed by atoms with Gasteiger partial charge in [0, 0.05) is 23.0 Å². The van der Waals surface area contributed by atoms with Gasteiger partial charge in [0.15, 0.2) is 0 Å². The number of rotatable bonds is 12. The van der Waals surface area contributed by atoms with E-state index in [0.29, 0.717) is 39.9 Å². The second kappa shape index (κ2) is 12.9. The van der Waals surface area contributed by atoms with Crippen molar-refractivity contribution in [3.05, 3.63) is 64.6 Å². The molecule has 2 aromatic heterocycles. The molecular weight excluding hydrogens is 508 g/mol. The molecule has 1 aromatic carbocycles. The summed E-state index contributed by atoms with van der Waals surface area (Å²) in [5.41, 5.74) is 2.31. The molecular formula is C27H35ClN6O4. The van der Waals surface area contributed by atoms with Crippen molar-refractivity contribution in [2.24, 2.45) is 0 Å². The summed E-state index contributed by atoms with van der Waals surface area (Å²) < 4.78 is 5.53. The molecule has 1 amide bonds. The fraction of sp³-hybridized carbons (Fsp3) is 0.407. The van der Waals surface area contributed by atoms with Crippen molar-refractivity contribution in [3.63, 3.8) is 0 Å². The molecule has 10 nitrogen and oxygen atoms in total. The Balaban J connectivity index is 1.80. The van der Waals surface area contributed by atoms with Gasteiger partial charge in [-0.2, -0.15) is 0 Å². The number of esters is 1. The number of aryl methyl sites for hydroxylation is 1. The number of halogens is 1. The fourth-order valence-corrected chi connectivity index (χ4v) is 3.75. The lowest BCUT2D eigenvalue weighted by molar-refractivity contribution is -0.150. The molecule has 0 saturated heterocycles. The number of aliphatic hydroxyl groups excluding tert-OH is 1. The number of hydrogen-bond donors (Lipinski definition) is 5. The van der Waals surface area contributed by atoms with Crippen molar-refractivity contribution >= 4 is 29.4 Å². The van der Waals surface area contributed by atoms with Crippen LogP contribution < -0.4 is 16.0 Å². The van der Waals surface area contributed by atoms with E-state index in [0.717, 1.165) is 5.56 Å². The molecule has 2 atom stereocenters. The van der Waals surface area contributed by atoms with Gasteiger partial charge in [-0.3, -0.25) is 9.59 Å². The second-order valence-corrected chi connectivity index (χ2v) is 9.95. The van der Waals surface area contributed by atoms with Gasteiger partial charge in [0.05, 0.1) is 24.4 Å². The molecule has 0 spiro atoms. The zero-order valence-electron chi connectivity index (χ0n) is 22.3. The molecule has 0 bridgehead atoms. The smallest absolute Gasteiger partial charge is 0.325 e. The molecule has 0 aliphatic carbocycles. The third kappa shape index (κ3) is 7.31. The highest BCUT2D eigenvalue weighted by molar-refractivity contribution is 6.30. The van der Waals surface area contributed by atoms with Crippen molar-refractivity contribution in [1.82, 2.24) is 25.6 Å². The van der Waals surface area contributed by atoms with E-state index in [1.165, 1.54) is 0 Å². The quantitative estimate of drug-likeness (QED) is 0.218. The summed E-state index contributed by atoms with van der Waals surface area (Å²) in [6, 6.07) is 7.93. The van der Waals surface area contributed by atoms with Crippen LogP contribution in [0.4, 0.5) is 5.95 Å².